The number of nitriles is 2. The minimum atomic E-state index is -0.525. The first-order valence-corrected chi connectivity index (χ1v) is 19.6. The number of carbonyl (C=O) groups is 3. The van der Waals surface area contributed by atoms with Crippen molar-refractivity contribution in [1.82, 2.24) is 0 Å². The number of rotatable bonds is 14. The molecule has 0 bridgehead atoms. The van der Waals surface area contributed by atoms with Crippen molar-refractivity contribution in [3.8, 4) is 23.3 Å². The number of nitrogens with zero attached hydrogens (tertiary/aromatic N) is 2. The lowest BCUT2D eigenvalue weighted by Gasteiger charge is -2.14. The van der Waals surface area contributed by atoms with Crippen molar-refractivity contribution in [1.29, 1.82) is 10.5 Å². The summed E-state index contributed by atoms with van der Waals surface area (Å²) in [6.07, 6.45) is 18.1. The second-order valence-corrected chi connectivity index (χ2v) is 14.0. The molecule has 0 aliphatic heterocycles. The molecule has 55 heavy (non-hydrogen) atoms. The number of hydrogen-bond donors (Lipinski definition) is 0. The smallest absolute Gasteiger partial charge is 0.349 e. The first-order valence-electron chi connectivity index (χ1n) is 19.6. The molecule has 0 spiro atoms. The largest absolute Gasteiger partial charge is 0.465 e. The van der Waals surface area contributed by atoms with E-state index in [1.165, 1.54) is 24.0 Å². The lowest BCUT2D eigenvalue weighted by Crippen LogP contribution is -2.20. The Kier molecular flexibility index (Phi) is 16.6. The molecular weight excluding hydrogens is 685 g/mol. The molecule has 0 saturated carbocycles. The first kappa shape index (κ1) is 42.0. The van der Waals surface area contributed by atoms with Gasteiger partial charge in [-0.05, 0) is 99.2 Å². The molecule has 0 aromatic heterocycles. The maximum atomic E-state index is 12.5. The van der Waals surface area contributed by atoms with Crippen LogP contribution >= 0.6 is 0 Å². The van der Waals surface area contributed by atoms with E-state index in [-0.39, 0.29) is 17.8 Å². The van der Waals surface area contributed by atoms with Crippen molar-refractivity contribution in [2.24, 2.45) is 11.8 Å². The Morgan fingerprint density at radius 1 is 0.709 bits per heavy atom. The summed E-state index contributed by atoms with van der Waals surface area (Å²) in [4.78, 5) is 34.6. The molecule has 0 radical (unpaired) electrons. The van der Waals surface area contributed by atoms with Gasteiger partial charge in [-0.1, -0.05) is 133 Å². The third kappa shape index (κ3) is 11.8. The van der Waals surface area contributed by atoms with Gasteiger partial charge in [0.2, 0.25) is 0 Å². The van der Waals surface area contributed by atoms with Gasteiger partial charge in [0.05, 0.1) is 19.3 Å². The number of esters is 2. The zero-order valence-electron chi connectivity index (χ0n) is 32.6. The fourth-order valence-electron chi connectivity index (χ4n) is 6.65. The van der Waals surface area contributed by atoms with Gasteiger partial charge in [0, 0.05) is 5.22 Å². The Balaban J connectivity index is 0.000000202. The number of allylic oxidation sites excluding steroid dienone is 5. The maximum Gasteiger partial charge on any atom is 0.349 e. The quantitative estimate of drug-likeness (QED) is 0.119. The van der Waals surface area contributed by atoms with E-state index in [2.05, 4.69) is 70.2 Å². The van der Waals surface area contributed by atoms with Gasteiger partial charge >= 0.3 is 11.9 Å². The number of unbranched alkanes of at least 4 members (excludes halogenated alkanes) is 2. The van der Waals surface area contributed by atoms with E-state index in [4.69, 9.17) is 14.7 Å². The zero-order chi connectivity index (χ0) is 39.6. The van der Waals surface area contributed by atoms with Crippen LogP contribution in [0, 0.1) is 34.5 Å². The number of carbonyl (C=O) groups excluding carboxylic acids is 3. The van der Waals surface area contributed by atoms with Crippen molar-refractivity contribution < 1.29 is 23.9 Å². The van der Waals surface area contributed by atoms with Crippen molar-refractivity contribution >= 4 is 41.0 Å². The molecule has 3 aromatic rings. The Morgan fingerprint density at radius 2 is 1.33 bits per heavy atom. The van der Waals surface area contributed by atoms with Crippen molar-refractivity contribution in [2.45, 2.75) is 85.5 Å². The van der Waals surface area contributed by atoms with E-state index in [9.17, 15) is 19.6 Å². The maximum absolute atomic E-state index is 12.5. The molecule has 2 unspecified atom stereocenters. The molecule has 0 amide bonds. The zero-order valence-corrected chi connectivity index (χ0v) is 32.6. The average Bonchev–Trinajstić information content (AvgIpc) is 3.77. The number of fused-ring (bicyclic) bond motifs is 6. The average molecular weight is 737 g/mol. The molecule has 0 fully saturated rings. The normalized spacial score (nSPS) is 14.1. The second-order valence-electron chi connectivity index (χ2n) is 14.0. The molecule has 7 nitrogen and oxygen atoms in total. The third-order valence-corrected chi connectivity index (χ3v) is 10.0. The van der Waals surface area contributed by atoms with Crippen LogP contribution in [0.5, 0.6) is 0 Å². The highest BCUT2D eigenvalue weighted by atomic mass is 16.5. The van der Waals surface area contributed by atoms with Gasteiger partial charge < -0.3 is 9.47 Å². The van der Waals surface area contributed by atoms with Crippen LogP contribution in [-0.4, -0.2) is 30.9 Å². The van der Waals surface area contributed by atoms with Gasteiger partial charge in [-0.25, -0.2) is 4.79 Å². The van der Waals surface area contributed by atoms with Crippen molar-refractivity contribution in [3.63, 3.8) is 0 Å². The van der Waals surface area contributed by atoms with Gasteiger partial charge in [-0.3, -0.25) is 9.59 Å². The summed E-state index contributed by atoms with van der Waals surface area (Å²) in [7, 11) is 0. The molecule has 3 aromatic carbocycles. The van der Waals surface area contributed by atoms with Crippen LogP contribution in [0.15, 0.2) is 90.5 Å². The first-order chi connectivity index (χ1) is 26.8. The summed E-state index contributed by atoms with van der Waals surface area (Å²) in [5.74, 6) is -0.0353. The Morgan fingerprint density at radius 3 is 1.95 bits per heavy atom. The Hall–Kier alpha value is -5.79. The fraction of sp³-hybridized carbons (Fsp3) is 0.354. The number of benzene rings is 3. The standard InChI is InChI=1S/C24H25NO2.C13H8O.C11H19NO2/c1-3-5-8-17(4-2)16-27-24(26)23(15-25)20-12-11-19-13-18-9-6-7-10-21(18)22(19)14-20;14-11-6-5-10-7-9-3-1-2-4-12(9)13(10)8-11;1-3-5-6-10(4-2)9-14-11(13)7-8-12/h6-7,9-14,17H,3-5,8,16H2,1-2H3;1-8H;10H,3-7,9H2,1-2H3/b23-20-;;. The molecule has 0 saturated heterocycles. The van der Waals surface area contributed by atoms with Crippen LogP contribution in [0.4, 0.5) is 0 Å². The summed E-state index contributed by atoms with van der Waals surface area (Å²) >= 11 is 0. The number of ketones is 1. The predicted octanol–water partition coefficient (Wildman–Crippen LogP) is 9.20. The number of ether oxygens (including phenoxy) is 2. The van der Waals surface area contributed by atoms with Crippen LogP contribution in [0.25, 0.3) is 34.4 Å². The molecule has 7 heteroatoms. The summed E-state index contributed by atoms with van der Waals surface area (Å²) < 4.78 is 10.5. The van der Waals surface area contributed by atoms with Gasteiger partial charge in [-0.2, -0.15) is 10.5 Å². The van der Waals surface area contributed by atoms with Crippen LogP contribution in [0.1, 0.15) is 102 Å². The van der Waals surface area contributed by atoms with E-state index >= 15 is 0 Å². The summed E-state index contributed by atoms with van der Waals surface area (Å²) in [5, 5.41) is 19.5. The highest BCUT2D eigenvalue weighted by molar-refractivity contribution is 6.15. The highest BCUT2D eigenvalue weighted by Gasteiger charge is 2.20. The lowest BCUT2D eigenvalue weighted by atomic mass is 9.98. The summed E-state index contributed by atoms with van der Waals surface area (Å²) in [5.41, 5.74) is 8.00. The molecule has 3 aliphatic rings. The Bertz CT molecular complexity index is 2140. The molecule has 6 rings (SSSR count). The summed E-state index contributed by atoms with van der Waals surface area (Å²) in [6, 6.07) is 25.8. The molecule has 0 heterocycles. The van der Waals surface area contributed by atoms with Crippen LogP contribution in [0.3, 0.4) is 0 Å². The number of hydrogen-bond acceptors (Lipinski definition) is 7. The fourth-order valence-corrected chi connectivity index (χ4v) is 6.65. The molecule has 0 N–H and O–H groups in total. The third-order valence-electron chi connectivity index (χ3n) is 10.0. The van der Waals surface area contributed by atoms with Gasteiger partial charge in [-0.15, -0.1) is 0 Å². The lowest BCUT2D eigenvalue weighted by molar-refractivity contribution is -0.144. The van der Waals surface area contributed by atoms with E-state index < -0.39 is 11.9 Å². The van der Waals surface area contributed by atoms with Crippen LogP contribution in [-0.2, 0) is 23.9 Å². The van der Waals surface area contributed by atoms with Crippen molar-refractivity contribution in [2.75, 3.05) is 13.2 Å². The predicted molar refractivity (Wildman–Crippen MR) is 219 cm³/mol. The topological polar surface area (TPSA) is 117 Å². The van der Waals surface area contributed by atoms with Crippen LogP contribution < -0.4 is 10.4 Å². The van der Waals surface area contributed by atoms with E-state index in [0.717, 1.165) is 71.6 Å². The van der Waals surface area contributed by atoms with Crippen LogP contribution in [0.2, 0.25) is 0 Å². The van der Waals surface area contributed by atoms with E-state index in [1.807, 2.05) is 48.5 Å². The van der Waals surface area contributed by atoms with Crippen molar-refractivity contribution in [3.05, 3.63) is 118 Å². The molecular formula is C48H52N2O5. The minimum absolute atomic E-state index is 0.0764. The molecule has 3 aliphatic carbocycles. The van der Waals surface area contributed by atoms with Gasteiger partial charge in [0.1, 0.15) is 18.1 Å². The summed E-state index contributed by atoms with van der Waals surface area (Å²) in [6.45, 7) is 9.35. The van der Waals surface area contributed by atoms with Gasteiger partial charge in [0.25, 0.3) is 0 Å². The SMILES string of the molecule is CCCCC(CC)COC(=O)/C(C#N)=c1/ccc2c(c1)-c1ccccc1C=2.CCCCC(CC)COC(=O)CC#N.O=C1C=CC2=Cc3ccccc3C2=C1. The highest BCUT2D eigenvalue weighted by Crippen LogP contribution is 2.37. The Labute approximate surface area is 326 Å². The van der Waals surface area contributed by atoms with E-state index in [1.54, 1.807) is 18.2 Å². The minimum Gasteiger partial charge on any atom is -0.465 e. The van der Waals surface area contributed by atoms with E-state index in [0.29, 0.717) is 30.3 Å². The molecule has 284 valence electrons. The molecule has 2 atom stereocenters. The second kappa shape index (κ2) is 21.8. The monoisotopic (exact) mass is 736 g/mol. The van der Waals surface area contributed by atoms with Gasteiger partial charge in [0.15, 0.2) is 5.78 Å².